The van der Waals surface area contributed by atoms with Crippen LogP contribution in [0.4, 0.5) is 4.79 Å². The second-order valence-corrected chi connectivity index (χ2v) is 7.17. The van der Waals surface area contributed by atoms with E-state index in [4.69, 9.17) is 4.74 Å². The van der Waals surface area contributed by atoms with Gasteiger partial charge in [0, 0.05) is 38.1 Å². The van der Waals surface area contributed by atoms with Gasteiger partial charge in [-0.05, 0) is 40.8 Å². The van der Waals surface area contributed by atoms with Crippen molar-refractivity contribution in [2.24, 2.45) is 5.41 Å². The van der Waals surface area contributed by atoms with Crippen molar-refractivity contribution < 1.29 is 9.53 Å². The quantitative estimate of drug-likeness (QED) is 0.778. The molecule has 0 aromatic carbocycles. The minimum atomic E-state index is -0.413. The first-order valence-corrected chi connectivity index (χ1v) is 7.16. The van der Waals surface area contributed by atoms with Gasteiger partial charge in [0.25, 0.3) is 0 Å². The van der Waals surface area contributed by atoms with E-state index in [1.165, 1.54) is 26.2 Å². The first kappa shape index (κ1) is 14.6. The van der Waals surface area contributed by atoms with Gasteiger partial charge >= 0.3 is 6.09 Å². The van der Waals surface area contributed by atoms with E-state index in [1.807, 2.05) is 20.8 Å². The van der Waals surface area contributed by atoms with Crippen LogP contribution in [0.25, 0.3) is 0 Å². The summed E-state index contributed by atoms with van der Waals surface area (Å²) in [6, 6.07) is 0. The van der Waals surface area contributed by atoms with Crippen LogP contribution in [0.2, 0.25) is 0 Å². The fourth-order valence-electron chi connectivity index (χ4n) is 3.17. The molecular weight excluding hydrogens is 242 g/mol. The Balaban J connectivity index is 1.49. The number of ether oxygens (including phenoxy) is 1. The lowest BCUT2D eigenvalue weighted by Crippen LogP contribution is -2.71. The maximum absolute atomic E-state index is 11.4. The van der Waals surface area contributed by atoms with E-state index < -0.39 is 5.60 Å². The minimum Gasteiger partial charge on any atom is -0.444 e. The summed E-state index contributed by atoms with van der Waals surface area (Å²) >= 11 is 0. The molecule has 5 heteroatoms. The van der Waals surface area contributed by atoms with Crippen LogP contribution in [0, 0.1) is 5.41 Å². The van der Waals surface area contributed by atoms with E-state index in [0.717, 1.165) is 13.0 Å². The summed E-state index contributed by atoms with van der Waals surface area (Å²) < 4.78 is 5.19. The number of amides is 1. The van der Waals surface area contributed by atoms with Crippen molar-refractivity contribution in [2.45, 2.75) is 32.8 Å². The molecule has 2 fully saturated rings. The highest BCUT2D eigenvalue weighted by Crippen LogP contribution is 2.38. The van der Waals surface area contributed by atoms with E-state index in [2.05, 4.69) is 22.2 Å². The number of alkyl carbamates (subject to hydrolysis) is 1. The predicted octanol–water partition coefficient (Wildman–Crippen LogP) is 1.15. The van der Waals surface area contributed by atoms with Crippen molar-refractivity contribution in [1.82, 2.24) is 15.1 Å². The number of carbonyl (C=O) groups is 1. The molecule has 19 heavy (non-hydrogen) atoms. The molecule has 0 unspecified atom stereocenters. The van der Waals surface area contributed by atoms with Crippen molar-refractivity contribution in [1.29, 1.82) is 0 Å². The number of nitrogens with zero attached hydrogens (tertiary/aromatic N) is 2. The number of rotatable bonds is 4. The van der Waals surface area contributed by atoms with Gasteiger partial charge in [-0.15, -0.1) is 0 Å². The summed E-state index contributed by atoms with van der Waals surface area (Å²) in [5.41, 5.74) is 0.192. The Morgan fingerprint density at radius 3 is 2.42 bits per heavy atom. The summed E-state index contributed by atoms with van der Waals surface area (Å²) in [6.07, 6.45) is 0.679. The number of likely N-dealkylation sites (tertiary alicyclic amines) is 2. The van der Waals surface area contributed by atoms with Crippen LogP contribution in [0.5, 0.6) is 0 Å². The van der Waals surface area contributed by atoms with Gasteiger partial charge in [0.15, 0.2) is 0 Å². The molecule has 1 spiro atoms. The topological polar surface area (TPSA) is 44.8 Å². The van der Waals surface area contributed by atoms with Gasteiger partial charge in [0.2, 0.25) is 0 Å². The van der Waals surface area contributed by atoms with E-state index in [0.29, 0.717) is 12.0 Å². The predicted molar refractivity (Wildman–Crippen MR) is 75.2 cm³/mol. The summed E-state index contributed by atoms with van der Waals surface area (Å²) in [7, 11) is 2.18. The van der Waals surface area contributed by atoms with E-state index in [-0.39, 0.29) is 6.09 Å². The minimum absolute atomic E-state index is 0.312. The zero-order valence-electron chi connectivity index (χ0n) is 12.7. The van der Waals surface area contributed by atoms with Crippen molar-refractivity contribution in [3.63, 3.8) is 0 Å². The van der Waals surface area contributed by atoms with Gasteiger partial charge in [-0.25, -0.2) is 4.79 Å². The van der Waals surface area contributed by atoms with Gasteiger partial charge in [-0.1, -0.05) is 0 Å². The van der Waals surface area contributed by atoms with Gasteiger partial charge < -0.3 is 19.9 Å². The standard InChI is InChI=1S/C14H27N3O2/c1-13(2,3)19-12(18)15-6-5-7-17-10-14(11-17)8-16(4)9-14/h5-11H2,1-4H3,(H,15,18). The monoisotopic (exact) mass is 269 g/mol. The third kappa shape index (κ3) is 4.08. The molecule has 0 saturated carbocycles. The molecule has 2 aliphatic heterocycles. The number of carbonyl (C=O) groups excluding carboxylic acids is 1. The number of hydrogen-bond acceptors (Lipinski definition) is 4. The van der Waals surface area contributed by atoms with Crippen LogP contribution >= 0.6 is 0 Å². The Morgan fingerprint density at radius 1 is 1.26 bits per heavy atom. The third-order valence-corrected chi connectivity index (χ3v) is 3.65. The van der Waals surface area contributed by atoms with Crippen LogP contribution in [0.1, 0.15) is 27.2 Å². The Hall–Kier alpha value is -0.810. The fourth-order valence-corrected chi connectivity index (χ4v) is 3.17. The lowest BCUT2D eigenvalue weighted by Gasteiger charge is -2.59. The molecule has 5 nitrogen and oxygen atoms in total. The molecule has 2 saturated heterocycles. The van der Waals surface area contributed by atoms with Gasteiger partial charge in [0.05, 0.1) is 0 Å². The molecule has 0 aromatic rings. The summed E-state index contributed by atoms with van der Waals surface area (Å²) in [5.74, 6) is 0. The number of hydrogen-bond donors (Lipinski definition) is 1. The van der Waals surface area contributed by atoms with Crippen LogP contribution < -0.4 is 5.32 Å². The SMILES string of the molecule is CN1CC2(C1)CN(CCCNC(=O)OC(C)(C)C)C2. The smallest absolute Gasteiger partial charge is 0.407 e. The average Bonchev–Trinajstić information content (AvgIpc) is 2.15. The van der Waals surface area contributed by atoms with Crippen molar-refractivity contribution in [3.05, 3.63) is 0 Å². The molecule has 2 aliphatic rings. The van der Waals surface area contributed by atoms with Gasteiger partial charge in [-0.2, -0.15) is 0 Å². The molecule has 0 atom stereocenters. The Kier molecular flexibility index (Phi) is 4.06. The van der Waals surface area contributed by atoms with Crippen LogP contribution in [-0.4, -0.2) is 67.8 Å². The maximum Gasteiger partial charge on any atom is 0.407 e. The van der Waals surface area contributed by atoms with Crippen LogP contribution in [0.15, 0.2) is 0 Å². The normalized spacial score (nSPS) is 22.7. The molecular formula is C14H27N3O2. The molecule has 1 N–H and O–H groups in total. The summed E-state index contributed by atoms with van der Waals surface area (Å²) in [5, 5.41) is 2.80. The maximum atomic E-state index is 11.4. The highest BCUT2D eigenvalue weighted by Gasteiger charge is 2.49. The highest BCUT2D eigenvalue weighted by molar-refractivity contribution is 5.67. The molecule has 0 aliphatic carbocycles. The van der Waals surface area contributed by atoms with Crippen LogP contribution in [0.3, 0.4) is 0 Å². The van der Waals surface area contributed by atoms with Gasteiger partial charge in [-0.3, -0.25) is 0 Å². The van der Waals surface area contributed by atoms with Crippen molar-refractivity contribution >= 4 is 6.09 Å². The fraction of sp³-hybridized carbons (Fsp3) is 0.929. The summed E-state index contributed by atoms with van der Waals surface area (Å²) in [6.45, 7) is 12.3. The summed E-state index contributed by atoms with van der Waals surface area (Å²) in [4.78, 5) is 16.3. The molecule has 110 valence electrons. The van der Waals surface area contributed by atoms with Gasteiger partial charge in [0.1, 0.15) is 5.60 Å². The number of nitrogens with one attached hydrogen (secondary N) is 1. The van der Waals surface area contributed by atoms with E-state index in [1.54, 1.807) is 0 Å². The molecule has 0 bridgehead atoms. The first-order chi connectivity index (χ1) is 8.78. The molecule has 0 aromatic heterocycles. The largest absolute Gasteiger partial charge is 0.444 e. The molecule has 2 heterocycles. The van der Waals surface area contributed by atoms with Crippen molar-refractivity contribution in [2.75, 3.05) is 46.3 Å². The Bertz CT molecular complexity index is 324. The second kappa shape index (κ2) is 5.29. The highest BCUT2D eigenvalue weighted by atomic mass is 16.6. The third-order valence-electron chi connectivity index (χ3n) is 3.65. The Morgan fingerprint density at radius 2 is 1.89 bits per heavy atom. The zero-order valence-corrected chi connectivity index (χ0v) is 12.7. The lowest BCUT2D eigenvalue weighted by atomic mass is 9.73. The van der Waals surface area contributed by atoms with Crippen molar-refractivity contribution in [3.8, 4) is 0 Å². The first-order valence-electron chi connectivity index (χ1n) is 7.16. The van der Waals surface area contributed by atoms with E-state index in [9.17, 15) is 4.79 Å². The van der Waals surface area contributed by atoms with E-state index >= 15 is 0 Å². The zero-order chi connectivity index (χ0) is 14.1. The molecule has 0 radical (unpaired) electrons. The average molecular weight is 269 g/mol. The Labute approximate surface area is 116 Å². The lowest BCUT2D eigenvalue weighted by molar-refractivity contribution is -0.104. The second-order valence-electron chi connectivity index (χ2n) is 7.17. The molecule has 2 rings (SSSR count). The van der Waals surface area contributed by atoms with Crippen LogP contribution in [-0.2, 0) is 4.74 Å². The molecule has 1 amide bonds.